The van der Waals surface area contributed by atoms with Crippen molar-refractivity contribution >= 4 is 34.2 Å². The van der Waals surface area contributed by atoms with Crippen molar-refractivity contribution in [2.75, 3.05) is 0 Å². The molecule has 1 aromatic rings. The van der Waals surface area contributed by atoms with Gasteiger partial charge in [0, 0.05) is 11.1 Å². The number of aromatic nitrogens is 1. The zero-order valence-corrected chi connectivity index (χ0v) is 10.6. The third-order valence-corrected chi connectivity index (χ3v) is 2.84. The molecule has 0 aromatic carbocycles. The van der Waals surface area contributed by atoms with Gasteiger partial charge in [-0.25, -0.2) is 4.98 Å². The van der Waals surface area contributed by atoms with Crippen LogP contribution in [0.3, 0.4) is 0 Å². The molecule has 0 aliphatic heterocycles. The molecule has 0 atom stereocenters. The van der Waals surface area contributed by atoms with Gasteiger partial charge >= 0.3 is 6.36 Å². The second kappa shape index (κ2) is 5.37. The number of ether oxygens (including phenoxy) is 1. The zero-order chi connectivity index (χ0) is 12.3. The van der Waals surface area contributed by atoms with E-state index in [1.54, 1.807) is 22.6 Å². The topological polar surface area (TPSA) is 42.4 Å². The third kappa shape index (κ3) is 3.63. The van der Waals surface area contributed by atoms with Gasteiger partial charge in [0.15, 0.2) is 0 Å². The van der Waals surface area contributed by atoms with E-state index < -0.39 is 12.2 Å². The highest BCUT2D eigenvalue weighted by molar-refractivity contribution is 14.1. The summed E-state index contributed by atoms with van der Waals surface area (Å²) in [7, 11) is 0. The van der Waals surface area contributed by atoms with E-state index in [4.69, 9.17) is 16.7 Å². The van der Waals surface area contributed by atoms with Gasteiger partial charge in [-0.05, 0) is 28.7 Å². The van der Waals surface area contributed by atoms with E-state index in [2.05, 4.69) is 9.72 Å². The Labute approximate surface area is 108 Å². The Morgan fingerprint density at radius 2 is 2.06 bits per heavy atom. The Morgan fingerprint density at radius 1 is 1.44 bits per heavy atom. The molecule has 16 heavy (non-hydrogen) atoms. The van der Waals surface area contributed by atoms with Crippen LogP contribution in [0.4, 0.5) is 13.2 Å². The van der Waals surface area contributed by atoms with Gasteiger partial charge in [0.1, 0.15) is 3.70 Å². The molecule has 0 bridgehead atoms. The quantitative estimate of drug-likeness (QED) is 0.507. The van der Waals surface area contributed by atoms with Crippen LogP contribution >= 0.6 is 34.2 Å². The first-order valence-corrected chi connectivity index (χ1v) is 5.59. The molecular weight excluding hydrogens is 361 g/mol. The van der Waals surface area contributed by atoms with Crippen molar-refractivity contribution in [1.82, 2.24) is 4.98 Å². The SMILES string of the molecule is OCc1cc(CCl)c(OC(F)(F)F)nc1I. The number of alkyl halides is 4. The molecule has 90 valence electrons. The van der Waals surface area contributed by atoms with Gasteiger partial charge in [0.2, 0.25) is 5.88 Å². The van der Waals surface area contributed by atoms with Crippen LogP contribution < -0.4 is 4.74 Å². The maximum atomic E-state index is 12.0. The predicted molar refractivity (Wildman–Crippen MR) is 59.1 cm³/mol. The van der Waals surface area contributed by atoms with Gasteiger partial charge in [-0.2, -0.15) is 0 Å². The maximum Gasteiger partial charge on any atom is 0.574 e. The summed E-state index contributed by atoms with van der Waals surface area (Å²) < 4.78 is 40.0. The number of hydrogen-bond acceptors (Lipinski definition) is 3. The fraction of sp³-hybridized carbons (Fsp3) is 0.375. The molecule has 0 saturated carbocycles. The molecule has 8 heteroatoms. The predicted octanol–water partition coefficient (Wildman–Crippen LogP) is 2.82. The van der Waals surface area contributed by atoms with E-state index >= 15 is 0 Å². The largest absolute Gasteiger partial charge is 0.574 e. The molecule has 0 unspecified atom stereocenters. The number of pyridine rings is 1. The lowest BCUT2D eigenvalue weighted by atomic mass is 10.2. The second-order valence-electron chi connectivity index (χ2n) is 2.74. The van der Waals surface area contributed by atoms with E-state index in [0.29, 0.717) is 5.56 Å². The molecule has 1 heterocycles. The minimum absolute atomic E-state index is 0.0865. The van der Waals surface area contributed by atoms with Crippen molar-refractivity contribution in [3.8, 4) is 5.88 Å². The Kier molecular flexibility index (Phi) is 4.62. The Balaban J connectivity index is 3.13. The van der Waals surface area contributed by atoms with Gasteiger partial charge in [0.05, 0.1) is 12.5 Å². The number of hydrogen-bond donors (Lipinski definition) is 1. The molecule has 0 aliphatic rings. The minimum atomic E-state index is -4.81. The maximum absolute atomic E-state index is 12.0. The Bertz CT molecular complexity index is 386. The molecule has 0 fully saturated rings. The number of aliphatic hydroxyl groups excluding tert-OH is 1. The fourth-order valence-corrected chi connectivity index (χ4v) is 1.71. The smallest absolute Gasteiger partial charge is 0.392 e. The lowest BCUT2D eigenvalue weighted by Gasteiger charge is -2.12. The highest BCUT2D eigenvalue weighted by Crippen LogP contribution is 2.28. The van der Waals surface area contributed by atoms with Crippen LogP contribution in [0.15, 0.2) is 6.07 Å². The van der Waals surface area contributed by atoms with Crippen molar-refractivity contribution in [2.45, 2.75) is 18.8 Å². The molecule has 1 rings (SSSR count). The summed E-state index contributed by atoms with van der Waals surface area (Å²) in [4.78, 5) is 3.60. The summed E-state index contributed by atoms with van der Waals surface area (Å²) >= 11 is 7.18. The number of aliphatic hydroxyl groups is 1. The lowest BCUT2D eigenvalue weighted by molar-refractivity contribution is -0.276. The van der Waals surface area contributed by atoms with E-state index in [0.717, 1.165) is 0 Å². The highest BCUT2D eigenvalue weighted by Gasteiger charge is 2.33. The van der Waals surface area contributed by atoms with Crippen molar-refractivity contribution in [3.63, 3.8) is 0 Å². The van der Waals surface area contributed by atoms with Crippen LogP contribution in [0.5, 0.6) is 5.88 Å². The number of rotatable bonds is 3. The van der Waals surface area contributed by atoms with Gasteiger partial charge in [0.25, 0.3) is 0 Å². The molecular formula is C8H6ClF3INO2. The average molecular weight is 367 g/mol. The van der Waals surface area contributed by atoms with Crippen molar-refractivity contribution < 1.29 is 23.0 Å². The molecule has 0 aliphatic carbocycles. The standard InChI is InChI=1S/C8H6ClF3INO2/c9-2-4-1-5(3-15)6(13)14-7(4)16-8(10,11)12/h1,15H,2-3H2. The molecule has 0 spiro atoms. The van der Waals surface area contributed by atoms with Gasteiger partial charge in [-0.1, -0.05) is 0 Å². The molecule has 0 radical (unpaired) electrons. The van der Waals surface area contributed by atoms with Crippen LogP contribution in [0.25, 0.3) is 0 Å². The van der Waals surface area contributed by atoms with Crippen LogP contribution in [0.2, 0.25) is 0 Å². The van der Waals surface area contributed by atoms with Gasteiger partial charge in [-0.15, -0.1) is 24.8 Å². The van der Waals surface area contributed by atoms with E-state index in [9.17, 15) is 13.2 Å². The summed E-state index contributed by atoms with van der Waals surface area (Å²) in [6, 6.07) is 1.34. The number of nitrogens with zero attached hydrogens (tertiary/aromatic N) is 1. The molecule has 3 nitrogen and oxygen atoms in total. The zero-order valence-electron chi connectivity index (χ0n) is 7.68. The van der Waals surface area contributed by atoms with Crippen molar-refractivity contribution in [3.05, 3.63) is 20.9 Å². The monoisotopic (exact) mass is 367 g/mol. The van der Waals surface area contributed by atoms with Gasteiger partial charge in [-0.3, -0.25) is 0 Å². The van der Waals surface area contributed by atoms with Gasteiger partial charge < -0.3 is 9.84 Å². The Hall–Kier alpha value is -0.280. The number of halogens is 5. The van der Waals surface area contributed by atoms with Crippen LogP contribution in [0.1, 0.15) is 11.1 Å². The summed E-state index contributed by atoms with van der Waals surface area (Å²) in [5.74, 6) is -0.758. The summed E-state index contributed by atoms with van der Waals surface area (Å²) in [6.45, 7) is -0.318. The normalized spacial score (nSPS) is 11.6. The average Bonchev–Trinajstić information content (AvgIpc) is 2.16. The fourth-order valence-electron chi connectivity index (χ4n) is 0.969. The van der Waals surface area contributed by atoms with Crippen LogP contribution in [0, 0.1) is 3.70 Å². The summed E-state index contributed by atoms with van der Waals surface area (Å²) in [5, 5.41) is 8.91. The van der Waals surface area contributed by atoms with E-state index in [1.807, 2.05) is 0 Å². The third-order valence-electron chi connectivity index (χ3n) is 1.61. The van der Waals surface area contributed by atoms with Crippen molar-refractivity contribution in [2.24, 2.45) is 0 Å². The van der Waals surface area contributed by atoms with Crippen LogP contribution in [-0.2, 0) is 12.5 Å². The first-order chi connectivity index (χ1) is 7.37. The second-order valence-corrected chi connectivity index (χ2v) is 4.03. The van der Waals surface area contributed by atoms with E-state index in [1.165, 1.54) is 6.07 Å². The summed E-state index contributed by atoms with van der Waals surface area (Å²) in [6.07, 6.45) is -4.81. The molecule has 0 amide bonds. The highest BCUT2D eigenvalue weighted by atomic mass is 127. The Morgan fingerprint density at radius 3 is 2.50 bits per heavy atom. The molecule has 1 aromatic heterocycles. The molecule has 0 saturated heterocycles. The van der Waals surface area contributed by atoms with Crippen LogP contribution in [-0.4, -0.2) is 16.5 Å². The van der Waals surface area contributed by atoms with E-state index in [-0.39, 0.29) is 21.8 Å². The molecule has 1 N–H and O–H groups in total. The first kappa shape index (κ1) is 13.8. The first-order valence-electron chi connectivity index (χ1n) is 3.98. The minimum Gasteiger partial charge on any atom is -0.392 e. The summed E-state index contributed by atoms with van der Waals surface area (Å²) in [5.41, 5.74) is 0.495. The lowest BCUT2D eigenvalue weighted by Crippen LogP contribution is -2.19. The van der Waals surface area contributed by atoms with Crippen molar-refractivity contribution in [1.29, 1.82) is 0 Å².